The molecule has 1 fully saturated rings. The van der Waals surface area contributed by atoms with Crippen LogP contribution < -0.4 is 0 Å². The second-order valence-electron chi connectivity index (χ2n) is 6.11. The van der Waals surface area contributed by atoms with E-state index in [2.05, 4.69) is 0 Å². The minimum absolute atomic E-state index is 0.0793. The summed E-state index contributed by atoms with van der Waals surface area (Å²) in [4.78, 5) is 14.4. The molecule has 2 aromatic carbocycles. The lowest BCUT2D eigenvalue weighted by atomic mass is 9.87. The van der Waals surface area contributed by atoms with Crippen LogP contribution in [0.2, 0.25) is 10.0 Å². The lowest BCUT2D eigenvalue weighted by Gasteiger charge is -2.34. The molecule has 1 atom stereocenters. The number of halogens is 2. The zero-order valence-corrected chi connectivity index (χ0v) is 14.7. The topological polar surface area (TPSA) is 40.5 Å². The highest BCUT2D eigenvalue weighted by Crippen LogP contribution is 2.31. The van der Waals surface area contributed by atoms with Gasteiger partial charge in [-0.1, -0.05) is 53.5 Å². The number of hydrogen-bond acceptors (Lipinski definition) is 2. The van der Waals surface area contributed by atoms with Crippen molar-refractivity contribution in [3.05, 3.63) is 69.7 Å². The molecule has 1 amide bonds. The van der Waals surface area contributed by atoms with E-state index < -0.39 is 6.10 Å². The Morgan fingerprint density at radius 3 is 2.38 bits per heavy atom. The molecular formula is C19H19Cl2NO2. The molecule has 0 aromatic heterocycles. The summed E-state index contributed by atoms with van der Waals surface area (Å²) in [7, 11) is 0. The molecule has 126 valence electrons. The Morgan fingerprint density at radius 2 is 1.75 bits per heavy atom. The van der Waals surface area contributed by atoms with Crippen molar-refractivity contribution in [3.63, 3.8) is 0 Å². The molecule has 0 saturated carbocycles. The van der Waals surface area contributed by atoms with Crippen molar-refractivity contribution in [3.8, 4) is 0 Å². The Labute approximate surface area is 151 Å². The minimum Gasteiger partial charge on any atom is -0.388 e. The lowest BCUT2D eigenvalue weighted by Crippen LogP contribution is -2.39. The summed E-state index contributed by atoms with van der Waals surface area (Å²) in [5.74, 6) is 0.0847. The van der Waals surface area contributed by atoms with E-state index in [0.29, 0.717) is 28.7 Å². The van der Waals surface area contributed by atoms with Gasteiger partial charge in [0.1, 0.15) is 0 Å². The molecule has 1 aliphatic rings. The number of aliphatic hydroxyl groups is 1. The third-order valence-electron chi connectivity index (χ3n) is 4.58. The predicted octanol–water partition coefficient (Wildman–Crippen LogP) is 4.58. The first-order valence-corrected chi connectivity index (χ1v) is 8.79. The van der Waals surface area contributed by atoms with Crippen LogP contribution in [-0.4, -0.2) is 29.0 Å². The highest BCUT2D eigenvalue weighted by Gasteiger charge is 2.29. The van der Waals surface area contributed by atoms with E-state index in [-0.39, 0.29) is 11.8 Å². The average molecular weight is 364 g/mol. The van der Waals surface area contributed by atoms with Crippen LogP contribution in [0.3, 0.4) is 0 Å². The van der Waals surface area contributed by atoms with Crippen LogP contribution in [0, 0.1) is 5.92 Å². The summed E-state index contributed by atoms with van der Waals surface area (Å²) in [5.41, 5.74) is 1.41. The lowest BCUT2D eigenvalue weighted by molar-refractivity contribution is 0.0462. The molecular weight excluding hydrogens is 345 g/mol. The van der Waals surface area contributed by atoms with Crippen LogP contribution in [0.15, 0.2) is 48.5 Å². The molecule has 1 unspecified atom stereocenters. The number of rotatable bonds is 3. The van der Waals surface area contributed by atoms with Gasteiger partial charge < -0.3 is 10.0 Å². The van der Waals surface area contributed by atoms with Crippen LogP contribution in [0.1, 0.15) is 34.9 Å². The molecule has 1 N–H and O–H groups in total. The van der Waals surface area contributed by atoms with Gasteiger partial charge in [-0.15, -0.1) is 0 Å². The maximum absolute atomic E-state index is 12.6. The van der Waals surface area contributed by atoms with E-state index in [1.165, 1.54) is 0 Å². The highest BCUT2D eigenvalue weighted by molar-refractivity contribution is 6.36. The SMILES string of the molecule is O=C(c1ccc(Cl)cc1Cl)N1CCC(C(O)c2ccccc2)CC1. The smallest absolute Gasteiger partial charge is 0.255 e. The minimum atomic E-state index is -0.484. The second kappa shape index (κ2) is 7.56. The van der Waals surface area contributed by atoms with Crippen LogP contribution in [0.5, 0.6) is 0 Å². The molecule has 0 radical (unpaired) electrons. The zero-order valence-electron chi connectivity index (χ0n) is 13.2. The molecule has 5 heteroatoms. The molecule has 1 heterocycles. The molecule has 1 saturated heterocycles. The summed E-state index contributed by atoms with van der Waals surface area (Å²) >= 11 is 12.0. The van der Waals surface area contributed by atoms with Crippen molar-refractivity contribution in [2.45, 2.75) is 18.9 Å². The van der Waals surface area contributed by atoms with Gasteiger partial charge in [0.05, 0.1) is 16.7 Å². The molecule has 3 rings (SSSR count). The second-order valence-corrected chi connectivity index (χ2v) is 6.95. The predicted molar refractivity (Wildman–Crippen MR) is 96.5 cm³/mol. The van der Waals surface area contributed by atoms with Crippen molar-refractivity contribution in [1.29, 1.82) is 0 Å². The normalized spacial score (nSPS) is 16.9. The summed E-state index contributed by atoms with van der Waals surface area (Å²) in [5, 5.41) is 11.4. The molecule has 2 aromatic rings. The van der Waals surface area contributed by atoms with Crippen LogP contribution in [-0.2, 0) is 0 Å². The van der Waals surface area contributed by atoms with Gasteiger partial charge in [0.15, 0.2) is 0 Å². The van der Waals surface area contributed by atoms with E-state index in [1.807, 2.05) is 30.3 Å². The third-order valence-corrected chi connectivity index (χ3v) is 5.12. The maximum atomic E-state index is 12.6. The first-order chi connectivity index (χ1) is 11.6. The molecule has 1 aliphatic heterocycles. The number of likely N-dealkylation sites (tertiary alicyclic amines) is 1. The number of carbonyl (C=O) groups is 1. The average Bonchev–Trinajstić information content (AvgIpc) is 2.61. The number of hydrogen-bond donors (Lipinski definition) is 1. The molecule has 24 heavy (non-hydrogen) atoms. The number of nitrogens with zero attached hydrogens (tertiary/aromatic N) is 1. The number of carbonyl (C=O) groups excluding carboxylic acids is 1. The van der Waals surface area contributed by atoms with Gasteiger partial charge in [-0.3, -0.25) is 4.79 Å². The van der Waals surface area contributed by atoms with Crippen LogP contribution in [0.25, 0.3) is 0 Å². The Hall–Kier alpha value is -1.55. The molecule has 0 aliphatic carbocycles. The number of piperidine rings is 1. The van der Waals surface area contributed by atoms with E-state index in [4.69, 9.17) is 23.2 Å². The fourth-order valence-corrected chi connectivity index (χ4v) is 3.66. The van der Waals surface area contributed by atoms with Crippen molar-refractivity contribution in [2.75, 3.05) is 13.1 Å². The van der Waals surface area contributed by atoms with Gasteiger partial charge in [-0.2, -0.15) is 0 Å². The fourth-order valence-electron chi connectivity index (χ4n) is 3.17. The van der Waals surface area contributed by atoms with Crippen molar-refractivity contribution >= 4 is 29.1 Å². The zero-order chi connectivity index (χ0) is 17.1. The highest BCUT2D eigenvalue weighted by atomic mass is 35.5. The monoisotopic (exact) mass is 363 g/mol. The molecule has 0 spiro atoms. The Kier molecular flexibility index (Phi) is 5.44. The van der Waals surface area contributed by atoms with Crippen molar-refractivity contribution < 1.29 is 9.90 Å². The summed E-state index contributed by atoms with van der Waals surface area (Å²) in [6.45, 7) is 1.23. The molecule has 3 nitrogen and oxygen atoms in total. The van der Waals surface area contributed by atoms with Crippen LogP contribution >= 0.6 is 23.2 Å². The Morgan fingerprint density at radius 1 is 1.08 bits per heavy atom. The van der Waals surface area contributed by atoms with Gasteiger partial charge >= 0.3 is 0 Å². The maximum Gasteiger partial charge on any atom is 0.255 e. The van der Waals surface area contributed by atoms with Gasteiger partial charge in [0, 0.05) is 18.1 Å². The van der Waals surface area contributed by atoms with Gasteiger partial charge in [0.2, 0.25) is 0 Å². The van der Waals surface area contributed by atoms with E-state index >= 15 is 0 Å². The van der Waals surface area contributed by atoms with Gasteiger partial charge in [-0.25, -0.2) is 0 Å². The molecule has 0 bridgehead atoms. The summed E-state index contributed by atoms with van der Waals surface area (Å²) in [6.07, 6.45) is 1.06. The summed E-state index contributed by atoms with van der Waals surface area (Å²) < 4.78 is 0. The largest absolute Gasteiger partial charge is 0.388 e. The van der Waals surface area contributed by atoms with Crippen molar-refractivity contribution in [2.24, 2.45) is 5.92 Å². The standard InChI is InChI=1S/C19H19Cl2NO2/c20-15-6-7-16(17(21)12-15)19(24)22-10-8-14(9-11-22)18(23)13-4-2-1-3-5-13/h1-7,12,14,18,23H,8-11H2. The first-order valence-electron chi connectivity index (χ1n) is 8.03. The van der Waals surface area contributed by atoms with Crippen LogP contribution in [0.4, 0.5) is 0 Å². The number of benzene rings is 2. The fraction of sp³-hybridized carbons (Fsp3) is 0.316. The van der Waals surface area contributed by atoms with Gasteiger partial charge in [-0.05, 0) is 42.5 Å². The van der Waals surface area contributed by atoms with Crippen molar-refractivity contribution in [1.82, 2.24) is 4.90 Å². The van der Waals surface area contributed by atoms with E-state index in [9.17, 15) is 9.90 Å². The van der Waals surface area contributed by atoms with E-state index in [1.54, 1.807) is 23.1 Å². The quantitative estimate of drug-likeness (QED) is 0.866. The third kappa shape index (κ3) is 3.75. The van der Waals surface area contributed by atoms with Gasteiger partial charge in [0.25, 0.3) is 5.91 Å². The summed E-state index contributed by atoms with van der Waals surface area (Å²) in [6, 6.07) is 14.6. The number of aliphatic hydroxyl groups excluding tert-OH is 1. The Bertz CT molecular complexity index is 713. The Balaban J connectivity index is 1.63. The number of amides is 1. The first kappa shape index (κ1) is 17.3. The van der Waals surface area contributed by atoms with E-state index in [0.717, 1.165) is 18.4 Å².